The van der Waals surface area contributed by atoms with Crippen molar-refractivity contribution in [2.45, 2.75) is 47.7 Å². The van der Waals surface area contributed by atoms with Gasteiger partial charge in [0.25, 0.3) is 0 Å². The SMILES string of the molecule is CCNC(=NCc1ccc(NC(=O)C(C)C)cc1)NCc1nc(C)c(C)o1. The third-order valence-electron chi connectivity index (χ3n) is 3.99. The Morgan fingerprint density at radius 3 is 2.44 bits per heavy atom. The molecule has 0 aliphatic heterocycles. The van der Waals surface area contributed by atoms with E-state index >= 15 is 0 Å². The summed E-state index contributed by atoms with van der Waals surface area (Å²) in [7, 11) is 0. The molecule has 0 atom stereocenters. The Balaban J connectivity index is 1.94. The number of hydrogen-bond acceptors (Lipinski definition) is 4. The largest absolute Gasteiger partial charge is 0.444 e. The van der Waals surface area contributed by atoms with Crippen molar-refractivity contribution in [1.82, 2.24) is 15.6 Å². The molecule has 2 rings (SSSR count). The maximum absolute atomic E-state index is 11.7. The van der Waals surface area contributed by atoms with Gasteiger partial charge in [-0.05, 0) is 38.5 Å². The van der Waals surface area contributed by atoms with Crippen LogP contribution in [0.15, 0.2) is 33.7 Å². The number of carbonyl (C=O) groups is 1. The molecule has 146 valence electrons. The molecule has 0 saturated carbocycles. The molecular weight excluding hydrogens is 342 g/mol. The minimum Gasteiger partial charge on any atom is -0.444 e. The van der Waals surface area contributed by atoms with Crippen molar-refractivity contribution in [3.8, 4) is 0 Å². The molecule has 2 aromatic rings. The summed E-state index contributed by atoms with van der Waals surface area (Å²) in [6, 6.07) is 7.71. The quantitative estimate of drug-likeness (QED) is 0.514. The number of benzene rings is 1. The molecule has 27 heavy (non-hydrogen) atoms. The van der Waals surface area contributed by atoms with Gasteiger partial charge in [0.15, 0.2) is 5.96 Å². The number of anilines is 1. The fraction of sp³-hybridized carbons (Fsp3) is 0.450. The van der Waals surface area contributed by atoms with E-state index in [9.17, 15) is 4.79 Å². The molecule has 0 saturated heterocycles. The molecule has 0 unspecified atom stereocenters. The number of oxazole rings is 1. The molecule has 1 aromatic carbocycles. The first kappa shape index (κ1) is 20.5. The average Bonchev–Trinajstić information content (AvgIpc) is 2.96. The second-order valence-corrected chi connectivity index (χ2v) is 6.64. The van der Waals surface area contributed by atoms with E-state index in [-0.39, 0.29) is 11.8 Å². The van der Waals surface area contributed by atoms with Gasteiger partial charge in [0.05, 0.1) is 18.8 Å². The third kappa shape index (κ3) is 6.44. The summed E-state index contributed by atoms with van der Waals surface area (Å²) < 4.78 is 5.58. The molecule has 7 heteroatoms. The van der Waals surface area contributed by atoms with Crippen LogP contribution in [0.4, 0.5) is 5.69 Å². The molecule has 0 bridgehead atoms. The van der Waals surface area contributed by atoms with Crippen molar-refractivity contribution in [3.63, 3.8) is 0 Å². The lowest BCUT2D eigenvalue weighted by atomic mass is 10.2. The Hall–Kier alpha value is -2.83. The van der Waals surface area contributed by atoms with Gasteiger partial charge < -0.3 is 20.4 Å². The zero-order chi connectivity index (χ0) is 19.8. The van der Waals surface area contributed by atoms with Crippen LogP contribution in [0.3, 0.4) is 0 Å². The number of aliphatic imine (C=N–C) groups is 1. The lowest BCUT2D eigenvalue weighted by Gasteiger charge is -2.10. The average molecular weight is 371 g/mol. The van der Waals surface area contributed by atoms with Crippen LogP contribution in [-0.2, 0) is 17.9 Å². The Bertz CT molecular complexity index is 759. The summed E-state index contributed by atoms with van der Waals surface area (Å²) in [5.41, 5.74) is 2.75. The van der Waals surface area contributed by atoms with E-state index in [2.05, 4.69) is 25.9 Å². The molecule has 0 aliphatic carbocycles. The van der Waals surface area contributed by atoms with Gasteiger partial charge >= 0.3 is 0 Å². The van der Waals surface area contributed by atoms with Crippen molar-refractivity contribution in [2.24, 2.45) is 10.9 Å². The topological polar surface area (TPSA) is 91.5 Å². The smallest absolute Gasteiger partial charge is 0.226 e. The fourth-order valence-corrected chi connectivity index (χ4v) is 2.27. The van der Waals surface area contributed by atoms with Crippen LogP contribution in [0.1, 0.15) is 43.7 Å². The Morgan fingerprint density at radius 2 is 1.89 bits per heavy atom. The zero-order valence-corrected chi connectivity index (χ0v) is 16.7. The number of aryl methyl sites for hydroxylation is 2. The minimum absolute atomic E-state index is 0.0106. The first-order valence-electron chi connectivity index (χ1n) is 9.24. The number of hydrogen-bond donors (Lipinski definition) is 3. The van der Waals surface area contributed by atoms with Crippen molar-refractivity contribution in [3.05, 3.63) is 47.2 Å². The van der Waals surface area contributed by atoms with Gasteiger partial charge in [0, 0.05) is 18.2 Å². The van der Waals surface area contributed by atoms with Crippen LogP contribution < -0.4 is 16.0 Å². The summed E-state index contributed by atoms with van der Waals surface area (Å²) in [4.78, 5) is 20.7. The molecule has 0 radical (unpaired) electrons. The van der Waals surface area contributed by atoms with Gasteiger partial charge in [-0.15, -0.1) is 0 Å². The highest BCUT2D eigenvalue weighted by Gasteiger charge is 2.08. The number of aromatic nitrogens is 1. The fourth-order valence-electron chi connectivity index (χ4n) is 2.27. The lowest BCUT2D eigenvalue weighted by Crippen LogP contribution is -2.36. The van der Waals surface area contributed by atoms with Crippen molar-refractivity contribution in [2.75, 3.05) is 11.9 Å². The van der Waals surface area contributed by atoms with E-state index in [1.807, 2.05) is 58.9 Å². The van der Waals surface area contributed by atoms with Gasteiger partial charge in [-0.1, -0.05) is 26.0 Å². The van der Waals surface area contributed by atoms with Gasteiger partial charge in [-0.25, -0.2) is 9.98 Å². The van der Waals surface area contributed by atoms with Crippen molar-refractivity contribution in [1.29, 1.82) is 0 Å². The molecular formula is C20H29N5O2. The summed E-state index contributed by atoms with van der Waals surface area (Å²) in [5, 5.41) is 9.31. The Kier molecular flexibility index (Phi) is 7.40. The Labute approximate surface area is 160 Å². The second-order valence-electron chi connectivity index (χ2n) is 6.64. The van der Waals surface area contributed by atoms with Crippen LogP contribution in [-0.4, -0.2) is 23.4 Å². The van der Waals surface area contributed by atoms with E-state index in [0.29, 0.717) is 24.9 Å². The van der Waals surface area contributed by atoms with Crippen molar-refractivity contribution >= 4 is 17.6 Å². The third-order valence-corrected chi connectivity index (χ3v) is 3.99. The van der Waals surface area contributed by atoms with Gasteiger partial charge in [0.2, 0.25) is 11.8 Å². The number of carbonyl (C=O) groups excluding carboxylic acids is 1. The monoisotopic (exact) mass is 371 g/mol. The van der Waals surface area contributed by atoms with E-state index in [4.69, 9.17) is 4.42 Å². The highest BCUT2D eigenvalue weighted by atomic mass is 16.4. The normalized spacial score (nSPS) is 11.6. The Morgan fingerprint density at radius 1 is 1.19 bits per heavy atom. The lowest BCUT2D eigenvalue weighted by molar-refractivity contribution is -0.118. The number of amides is 1. The highest BCUT2D eigenvalue weighted by molar-refractivity contribution is 5.92. The van der Waals surface area contributed by atoms with Crippen LogP contribution >= 0.6 is 0 Å². The van der Waals surface area contributed by atoms with Crippen LogP contribution in [0.25, 0.3) is 0 Å². The number of nitrogens with zero attached hydrogens (tertiary/aromatic N) is 2. The molecule has 0 spiro atoms. The van der Waals surface area contributed by atoms with Gasteiger partial charge in [-0.2, -0.15) is 0 Å². The summed E-state index contributed by atoms with van der Waals surface area (Å²) in [5.74, 6) is 2.14. The van der Waals surface area contributed by atoms with E-state index in [1.165, 1.54) is 0 Å². The maximum Gasteiger partial charge on any atom is 0.226 e. The van der Waals surface area contributed by atoms with E-state index in [0.717, 1.165) is 29.2 Å². The van der Waals surface area contributed by atoms with Crippen LogP contribution in [0.5, 0.6) is 0 Å². The zero-order valence-electron chi connectivity index (χ0n) is 16.7. The molecule has 1 heterocycles. The highest BCUT2D eigenvalue weighted by Crippen LogP contribution is 2.12. The number of rotatable bonds is 7. The van der Waals surface area contributed by atoms with Crippen LogP contribution in [0, 0.1) is 19.8 Å². The van der Waals surface area contributed by atoms with Gasteiger partial charge in [-0.3, -0.25) is 4.79 Å². The molecule has 1 amide bonds. The first-order valence-corrected chi connectivity index (χ1v) is 9.24. The molecule has 0 aliphatic rings. The predicted octanol–water partition coefficient (Wildman–Crippen LogP) is 3.14. The molecule has 7 nitrogen and oxygen atoms in total. The van der Waals surface area contributed by atoms with Gasteiger partial charge in [0.1, 0.15) is 5.76 Å². The maximum atomic E-state index is 11.7. The van der Waals surface area contributed by atoms with E-state index in [1.54, 1.807) is 0 Å². The molecule has 0 fully saturated rings. The number of nitrogens with one attached hydrogen (secondary N) is 3. The van der Waals surface area contributed by atoms with Crippen LogP contribution in [0.2, 0.25) is 0 Å². The van der Waals surface area contributed by atoms with E-state index < -0.39 is 0 Å². The standard InChI is InChI=1S/C20H29N5O2/c1-6-21-20(23-12-18-24-14(4)15(5)27-18)22-11-16-7-9-17(10-8-16)25-19(26)13(2)3/h7-10,13H,6,11-12H2,1-5H3,(H,25,26)(H2,21,22,23). The summed E-state index contributed by atoms with van der Waals surface area (Å²) in [6.45, 7) is 11.3. The first-order chi connectivity index (χ1) is 12.9. The molecule has 3 N–H and O–H groups in total. The predicted molar refractivity (Wildman–Crippen MR) is 108 cm³/mol. The molecule has 1 aromatic heterocycles. The number of guanidine groups is 1. The van der Waals surface area contributed by atoms with Crippen molar-refractivity contribution < 1.29 is 9.21 Å². The summed E-state index contributed by atoms with van der Waals surface area (Å²) >= 11 is 0. The summed E-state index contributed by atoms with van der Waals surface area (Å²) in [6.07, 6.45) is 0. The minimum atomic E-state index is -0.0424. The second kappa shape index (κ2) is 9.75.